The lowest BCUT2D eigenvalue weighted by molar-refractivity contribution is -0.126. The van der Waals surface area contributed by atoms with Gasteiger partial charge in [0, 0.05) is 6.54 Å². The van der Waals surface area contributed by atoms with E-state index in [0.717, 1.165) is 0 Å². The fraction of sp³-hybridized carbons (Fsp3) is 0.857. The first kappa shape index (κ1) is 8.86. The fourth-order valence-corrected chi connectivity index (χ4v) is 1.79. The molecule has 6 heteroatoms. The van der Waals surface area contributed by atoms with Gasteiger partial charge in [-0.05, 0) is 12.8 Å². The van der Waals surface area contributed by atoms with Gasteiger partial charge in [0.1, 0.15) is 11.2 Å². The first-order chi connectivity index (χ1) is 6.04. The van der Waals surface area contributed by atoms with Gasteiger partial charge in [-0.2, -0.15) is 0 Å². The van der Waals surface area contributed by atoms with Crippen molar-refractivity contribution < 1.29 is 14.3 Å². The molecule has 5 N–H and O–H groups in total. The predicted octanol–water partition coefficient (Wildman–Crippen LogP) is -1.82. The van der Waals surface area contributed by atoms with Crippen molar-refractivity contribution in [2.75, 3.05) is 6.54 Å². The molecule has 2 fully saturated rings. The molecule has 2 atom stereocenters. The van der Waals surface area contributed by atoms with E-state index in [1.165, 1.54) is 0 Å². The van der Waals surface area contributed by atoms with E-state index in [1.54, 1.807) is 0 Å². The second-order valence-corrected chi connectivity index (χ2v) is 3.60. The lowest BCUT2D eigenvalue weighted by Crippen LogP contribution is -2.61. The van der Waals surface area contributed by atoms with Crippen LogP contribution in [-0.4, -0.2) is 35.1 Å². The number of hydrogen-bond acceptors (Lipinski definition) is 4. The van der Waals surface area contributed by atoms with Crippen LogP contribution in [0.3, 0.4) is 0 Å². The van der Waals surface area contributed by atoms with E-state index < -0.39 is 23.5 Å². The standard InChI is InChI=1S/C7H12FN3O2/c8-6(1-2-6)7(3-9)4(12)10-5(13)11-7/h5,11,13H,1-3,9H2,(H,10,12). The lowest BCUT2D eigenvalue weighted by Gasteiger charge is -2.28. The molecular weight excluding hydrogens is 177 g/mol. The van der Waals surface area contributed by atoms with Crippen molar-refractivity contribution in [2.45, 2.75) is 30.4 Å². The zero-order valence-electron chi connectivity index (χ0n) is 7.01. The van der Waals surface area contributed by atoms with Crippen LogP contribution in [0.4, 0.5) is 4.39 Å². The highest BCUT2D eigenvalue weighted by molar-refractivity contribution is 5.91. The maximum atomic E-state index is 13.8. The first-order valence-corrected chi connectivity index (χ1v) is 4.20. The minimum absolute atomic E-state index is 0.146. The summed E-state index contributed by atoms with van der Waals surface area (Å²) in [4.78, 5) is 11.4. The number of carbonyl (C=O) groups excluding carboxylic acids is 1. The molecule has 13 heavy (non-hydrogen) atoms. The van der Waals surface area contributed by atoms with Gasteiger partial charge >= 0.3 is 0 Å². The average Bonchev–Trinajstić information content (AvgIpc) is 2.72. The van der Waals surface area contributed by atoms with Crippen LogP contribution in [0.1, 0.15) is 12.8 Å². The highest BCUT2D eigenvalue weighted by Crippen LogP contribution is 2.49. The van der Waals surface area contributed by atoms with Crippen LogP contribution < -0.4 is 16.4 Å². The zero-order valence-corrected chi connectivity index (χ0v) is 7.01. The van der Waals surface area contributed by atoms with E-state index in [0.29, 0.717) is 12.8 Å². The first-order valence-electron chi connectivity index (χ1n) is 4.20. The molecule has 5 nitrogen and oxygen atoms in total. The Morgan fingerprint density at radius 3 is 2.62 bits per heavy atom. The second kappa shape index (κ2) is 2.40. The quantitative estimate of drug-likeness (QED) is 0.412. The number of aliphatic hydroxyl groups excluding tert-OH is 1. The molecule has 0 spiro atoms. The van der Waals surface area contributed by atoms with E-state index in [4.69, 9.17) is 10.8 Å². The van der Waals surface area contributed by atoms with E-state index in [-0.39, 0.29) is 6.54 Å². The molecule has 1 aliphatic heterocycles. The molecule has 74 valence electrons. The van der Waals surface area contributed by atoms with Crippen molar-refractivity contribution >= 4 is 5.91 Å². The van der Waals surface area contributed by atoms with Gasteiger partial charge in [0.25, 0.3) is 0 Å². The molecule has 2 rings (SSSR count). The molecule has 2 aliphatic rings. The Bertz CT molecular complexity index is 256. The fourth-order valence-electron chi connectivity index (χ4n) is 1.79. The SMILES string of the molecule is NCC1(C2(F)CC2)NC(O)NC1=O. The smallest absolute Gasteiger partial charge is 0.248 e. The Morgan fingerprint density at radius 2 is 2.31 bits per heavy atom. The monoisotopic (exact) mass is 189 g/mol. The molecule has 2 unspecified atom stereocenters. The minimum Gasteiger partial charge on any atom is -0.361 e. The molecule has 1 aliphatic carbocycles. The van der Waals surface area contributed by atoms with E-state index in [9.17, 15) is 9.18 Å². The summed E-state index contributed by atoms with van der Waals surface area (Å²) in [6.45, 7) is -0.146. The normalized spacial score (nSPS) is 41.8. The van der Waals surface area contributed by atoms with Gasteiger partial charge < -0.3 is 16.2 Å². The number of nitrogens with one attached hydrogen (secondary N) is 2. The number of carbonyl (C=O) groups is 1. The van der Waals surface area contributed by atoms with Crippen LogP contribution in [0.15, 0.2) is 0 Å². The van der Waals surface area contributed by atoms with Gasteiger partial charge in [0.15, 0.2) is 6.35 Å². The summed E-state index contributed by atoms with van der Waals surface area (Å²) in [5, 5.41) is 13.7. The highest BCUT2D eigenvalue weighted by atomic mass is 19.1. The number of aliphatic hydroxyl groups is 1. The molecule has 1 heterocycles. The van der Waals surface area contributed by atoms with E-state index in [2.05, 4.69) is 10.6 Å². The largest absolute Gasteiger partial charge is 0.361 e. The third-order valence-corrected chi connectivity index (χ3v) is 2.80. The predicted molar refractivity (Wildman–Crippen MR) is 42.1 cm³/mol. The van der Waals surface area contributed by atoms with Gasteiger partial charge in [-0.1, -0.05) is 0 Å². The van der Waals surface area contributed by atoms with Crippen LogP contribution >= 0.6 is 0 Å². The second-order valence-electron chi connectivity index (χ2n) is 3.60. The molecular formula is C7H12FN3O2. The maximum Gasteiger partial charge on any atom is 0.248 e. The van der Waals surface area contributed by atoms with Crippen molar-refractivity contribution in [2.24, 2.45) is 5.73 Å². The summed E-state index contributed by atoms with van der Waals surface area (Å²) in [7, 11) is 0. The average molecular weight is 189 g/mol. The molecule has 0 aromatic heterocycles. The number of nitrogens with two attached hydrogens (primary N) is 1. The summed E-state index contributed by atoms with van der Waals surface area (Å²) in [6, 6.07) is 0. The Balaban J connectivity index is 2.30. The van der Waals surface area contributed by atoms with Crippen LogP contribution in [0.5, 0.6) is 0 Å². The minimum atomic E-state index is -1.58. The van der Waals surface area contributed by atoms with E-state index in [1.807, 2.05) is 0 Å². The number of hydrogen-bond donors (Lipinski definition) is 4. The van der Waals surface area contributed by atoms with Crippen molar-refractivity contribution in [3.63, 3.8) is 0 Å². The Labute approximate surface area is 74.5 Å². The maximum absolute atomic E-state index is 13.8. The zero-order chi connectivity index (χ0) is 9.69. The summed E-state index contributed by atoms with van der Waals surface area (Å²) >= 11 is 0. The van der Waals surface area contributed by atoms with Gasteiger partial charge in [0.2, 0.25) is 5.91 Å². The van der Waals surface area contributed by atoms with Crippen molar-refractivity contribution in [3.8, 4) is 0 Å². The third kappa shape index (κ3) is 0.993. The molecule has 0 radical (unpaired) electrons. The Morgan fingerprint density at radius 1 is 1.69 bits per heavy atom. The number of halogens is 1. The molecule has 0 aromatic rings. The molecule has 1 saturated heterocycles. The summed E-state index contributed by atoms with van der Waals surface area (Å²) in [5.41, 5.74) is 2.37. The van der Waals surface area contributed by atoms with E-state index >= 15 is 0 Å². The summed E-state index contributed by atoms with van der Waals surface area (Å²) in [5.74, 6) is -0.553. The van der Waals surface area contributed by atoms with Crippen LogP contribution in [0.25, 0.3) is 0 Å². The van der Waals surface area contributed by atoms with Gasteiger partial charge in [-0.3, -0.25) is 10.1 Å². The Hall–Kier alpha value is -0.720. The molecule has 0 aromatic carbocycles. The lowest BCUT2D eigenvalue weighted by atomic mass is 9.91. The number of amides is 1. The van der Waals surface area contributed by atoms with Crippen LogP contribution in [-0.2, 0) is 4.79 Å². The van der Waals surface area contributed by atoms with Gasteiger partial charge in [0.05, 0.1) is 0 Å². The highest BCUT2D eigenvalue weighted by Gasteiger charge is 2.67. The van der Waals surface area contributed by atoms with Gasteiger partial charge in [-0.15, -0.1) is 0 Å². The van der Waals surface area contributed by atoms with Crippen molar-refractivity contribution in [1.82, 2.24) is 10.6 Å². The van der Waals surface area contributed by atoms with Crippen molar-refractivity contribution in [3.05, 3.63) is 0 Å². The van der Waals surface area contributed by atoms with Crippen molar-refractivity contribution in [1.29, 1.82) is 0 Å². The number of rotatable bonds is 2. The molecule has 0 bridgehead atoms. The number of alkyl halides is 1. The van der Waals surface area contributed by atoms with Gasteiger partial charge in [-0.25, -0.2) is 4.39 Å². The topological polar surface area (TPSA) is 87.4 Å². The van der Waals surface area contributed by atoms with Crippen LogP contribution in [0.2, 0.25) is 0 Å². The molecule has 1 saturated carbocycles. The van der Waals surface area contributed by atoms with Crippen LogP contribution in [0, 0.1) is 0 Å². The third-order valence-electron chi connectivity index (χ3n) is 2.80. The summed E-state index contributed by atoms with van der Waals surface area (Å²) < 4.78 is 13.8. The Kier molecular flexibility index (Phi) is 1.64. The molecule has 1 amide bonds. The summed E-state index contributed by atoms with van der Waals surface area (Å²) in [6.07, 6.45) is -0.557.